The molecule has 228 valence electrons. The fourth-order valence-electron chi connectivity index (χ4n) is 7.37. The lowest BCUT2D eigenvalue weighted by Gasteiger charge is -2.15. The van der Waals surface area contributed by atoms with Gasteiger partial charge in [0.2, 0.25) is 0 Å². The quantitative estimate of drug-likeness (QED) is 0.144. The molecule has 0 bridgehead atoms. The molecule has 0 saturated carbocycles. The topological polar surface area (TPSA) is 38.9 Å². The summed E-state index contributed by atoms with van der Waals surface area (Å²) < 4.78 is 6.19. The van der Waals surface area contributed by atoms with Crippen molar-refractivity contribution in [3.63, 3.8) is 0 Å². The van der Waals surface area contributed by atoms with Gasteiger partial charge in [-0.3, -0.25) is 0 Å². The Bertz CT molecular complexity index is 2870. The van der Waals surface area contributed by atoms with Crippen LogP contribution in [0.15, 0.2) is 174 Å². The fourth-order valence-corrected chi connectivity index (χ4v) is 7.37. The molecule has 0 aliphatic rings. The number of hydrogen-bond acceptors (Lipinski definition) is 3. The molecule has 3 heteroatoms. The van der Waals surface area contributed by atoms with Gasteiger partial charge in [-0.2, -0.15) is 0 Å². The van der Waals surface area contributed by atoms with E-state index in [-0.39, 0.29) is 0 Å². The second-order valence-corrected chi connectivity index (χ2v) is 12.5. The predicted molar refractivity (Wildman–Crippen MR) is 204 cm³/mol. The Labute approximate surface area is 282 Å². The van der Waals surface area contributed by atoms with Gasteiger partial charge in [0.05, 0.1) is 11.4 Å². The summed E-state index contributed by atoms with van der Waals surface area (Å²) in [5.41, 5.74) is 8.99. The number of benzene rings is 8. The Morgan fingerprint density at radius 1 is 0.367 bits per heavy atom. The lowest BCUT2D eigenvalue weighted by molar-refractivity contribution is 0.669. The summed E-state index contributed by atoms with van der Waals surface area (Å²) in [6.45, 7) is 0. The maximum absolute atomic E-state index is 6.19. The van der Waals surface area contributed by atoms with Crippen molar-refractivity contribution in [2.24, 2.45) is 0 Å². The van der Waals surface area contributed by atoms with Crippen LogP contribution in [-0.4, -0.2) is 9.97 Å². The molecule has 0 spiro atoms. The second kappa shape index (κ2) is 11.0. The molecule has 0 aliphatic heterocycles. The van der Waals surface area contributed by atoms with Crippen LogP contribution < -0.4 is 0 Å². The summed E-state index contributed by atoms with van der Waals surface area (Å²) in [6.07, 6.45) is 0. The van der Waals surface area contributed by atoms with Crippen LogP contribution in [0, 0.1) is 0 Å². The smallest absolute Gasteiger partial charge is 0.160 e. The molecule has 10 aromatic rings. The van der Waals surface area contributed by atoms with Gasteiger partial charge in [0.15, 0.2) is 5.82 Å². The molecule has 2 aromatic heterocycles. The van der Waals surface area contributed by atoms with Gasteiger partial charge in [-0.25, -0.2) is 9.97 Å². The van der Waals surface area contributed by atoms with E-state index in [0.29, 0.717) is 5.82 Å². The highest BCUT2D eigenvalue weighted by Gasteiger charge is 2.18. The average Bonchev–Trinajstić information content (AvgIpc) is 3.56. The molecular weight excluding hydrogens is 597 g/mol. The van der Waals surface area contributed by atoms with Crippen molar-refractivity contribution >= 4 is 54.3 Å². The standard InChI is InChI=1S/C46H28N2O/c1-2-12-32(13-3-1)46-47-40(31-23-21-30(22-24-31)35-18-10-20-43-45(35)38-17-8-9-19-42(38)49-43)28-41(48-46)44-36-16-7-5-14-33(36)27-39-34-15-6-4-11-29(34)25-26-37(39)44/h1-28H. The Hall–Kier alpha value is -6.58. The van der Waals surface area contributed by atoms with Crippen molar-refractivity contribution < 1.29 is 4.42 Å². The minimum absolute atomic E-state index is 0.702. The summed E-state index contributed by atoms with van der Waals surface area (Å²) in [7, 11) is 0. The molecule has 0 radical (unpaired) electrons. The Morgan fingerprint density at radius 3 is 1.90 bits per heavy atom. The summed E-state index contributed by atoms with van der Waals surface area (Å²) in [5.74, 6) is 0.702. The van der Waals surface area contributed by atoms with Crippen LogP contribution in [0.3, 0.4) is 0 Å². The third-order valence-electron chi connectivity index (χ3n) is 9.68. The number of aromatic nitrogens is 2. The molecule has 0 saturated heterocycles. The summed E-state index contributed by atoms with van der Waals surface area (Å²) in [5, 5.41) is 9.48. The van der Waals surface area contributed by atoms with Crippen molar-refractivity contribution in [2.75, 3.05) is 0 Å². The van der Waals surface area contributed by atoms with E-state index in [1.54, 1.807) is 0 Å². The first kappa shape index (κ1) is 27.5. The lowest BCUT2D eigenvalue weighted by atomic mass is 9.91. The highest BCUT2D eigenvalue weighted by molar-refractivity contribution is 6.20. The Morgan fingerprint density at radius 2 is 1.04 bits per heavy atom. The first-order chi connectivity index (χ1) is 24.3. The highest BCUT2D eigenvalue weighted by Crippen LogP contribution is 2.41. The minimum atomic E-state index is 0.702. The van der Waals surface area contributed by atoms with E-state index in [1.807, 2.05) is 36.4 Å². The van der Waals surface area contributed by atoms with Crippen LogP contribution in [-0.2, 0) is 0 Å². The number of hydrogen-bond donors (Lipinski definition) is 0. The molecule has 0 N–H and O–H groups in total. The highest BCUT2D eigenvalue weighted by atomic mass is 16.3. The van der Waals surface area contributed by atoms with Crippen LogP contribution in [0.5, 0.6) is 0 Å². The van der Waals surface area contributed by atoms with Crippen molar-refractivity contribution in [2.45, 2.75) is 0 Å². The van der Waals surface area contributed by atoms with E-state index in [2.05, 4.69) is 133 Å². The van der Waals surface area contributed by atoms with Crippen LogP contribution in [0.2, 0.25) is 0 Å². The molecule has 3 nitrogen and oxygen atoms in total. The molecule has 49 heavy (non-hydrogen) atoms. The van der Waals surface area contributed by atoms with Crippen molar-refractivity contribution in [3.8, 4) is 45.0 Å². The number of furan rings is 1. The molecule has 0 aliphatic carbocycles. The average molecular weight is 625 g/mol. The van der Waals surface area contributed by atoms with E-state index >= 15 is 0 Å². The van der Waals surface area contributed by atoms with Crippen LogP contribution in [0.25, 0.3) is 99.3 Å². The van der Waals surface area contributed by atoms with Gasteiger partial charge in [-0.1, -0.05) is 146 Å². The first-order valence-electron chi connectivity index (χ1n) is 16.6. The minimum Gasteiger partial charge on any atom is -0.456 e. The molecule has 2 heterocycles. The number of rotatable bonds is 4. The van der Waals surface area contributed by atoms with E-state index in [4.69, 9.17) is 14.4 Å². The maximum Gasteiger partial charge on any atom is 0.160 e. The van der Waals surface area contributed by atoms with Gasteiger partial charge in [0.1, 0.15) is 11.2 Å². The Balaban J connectivity index is 1.19. The third-order valence-corrected chi connectivity index (χ3v) is 9.68. The number of para-hydroxylation sites is 1. The molecule has 0 atom stereocenters. The summed E-state index contributed by atoms with van der Waals surface area (Å²) in [4.78, 5) is 10.4. The maximum atomic E-state index is 6.19. The number of nitrogens with zero attached hydrogens (tertiary/aromatic N) is 2. The van der Waals surface area contributed by atoms with Gasteiger partial charge >= 0.3 is 0 Å². The summed E-state index contributed by atoms with van der Waals surface area (Å²) >= 11 is 0. The molecule has 10 rings (SSSR count). The predicted octanol–water partition coefficient (Wildman–Crippen LogP) is 12.5. The first-order valence-corrected chi connectivity index (χ1v) is 16.6. The second-order valence-electron chi connectivity index (χ2n) is 12.5. The van der Waals surface area contributed by atoms with E-state index in [1.165, 1.54) is 32.3 Å². The fraction of sp³-hybridized carbons (Fsp3) is 0. The summed E-state index contributed by atoms with van der Waals surface area (Å²) in [6, 6.07) is 59.7. The molecule has 0 fully saturated rings. The van der Waals surface area contributed by atoms with Crippen molar-refractivity contribution in [1.29, 1.82) is 0 Å². The Kier molecular flexibility index (Phi) is 6.18. The van der Waals surface area contributed by atoms with Gasteiger partial charge in [0.25, 0.3) is 0 Å². The molecular formula is C46H28N2O. The van der Waals surface area contributed by atoms with Gasteiger partial charge in [-0.05, 0) is 67.7 Å². The normalized spacial score (nSPS) is 11.7. The van der Waals surface area contributed by atoms with Crippen LogP contribution in [0.4, 0.5) is 0 Å². The number of fused-ring (bicyclic) bond motifs is 7. The lowest BCUT2D eigenvalue weighted by Crippen LogP contribution is -1.97. The zero-order chi connectivity index (χ0) is 32.3. The monoisotopic (exact) mass is 624 g/mol. The molecule has 0 unspecified atom stereocenters. The van der Waals surface area contributed by atoms with Crippen molar-refractivity contribution in [3.05, 3.63) is 170 Å². The van der Waals surface area contributed by atoms with E-state index < -0.39 is 0 Å². The zero-order valence-corrected chi connectivity index (χ0v) is 26.5. The van der Waals surface area contributed by atoms with Crippen LogP contribution in [0.1, 0.15) is 0 Å². The van der Waals surface area contributed by atoms with E-state index in [0.717, 1.165) is 61.1 Å². The molecule has 0 amide bonds. The van der Waals surface area contributed by atoms with Gasteiger partial charge in [-0.15, -0.1) is 0 Å². The molecule has 8 aromatic carbocycles. The van der Waals surface area contributed by atoms with Crippen molar-refractivity contribution in [1.82, 2.24) is 9.97 Å². The SMILES string of the molecule is c1ccc(-c2nc(-c3ccc(-c4cccc5oc6ccccc6c45)cc3)cc(-c3c4ccccc4cc4c3ccc3ccccc34)n2)cc1. The largest absolute Gasteiger partial charge is 0.456 e. The van der Waals surface area contributed by atoms with E-state index in [9.17, 15) is 0 Å². The zero-order valence-electron chi connectivity index (χ0n) is 26.5. The van der Waals surface area contributed by atoms with Crippen LogP contribution >= 0.6 is 0 Å². The van der Waals surface area contributed by atoms with Gasteiger partial charge < -0.3 is 4.42 Å². The third kappa shape index (κ3) is 4.51. The van der Waals surface area contributed by atoms with Gasteiger partial charge in [0, 0.05) is 27.5 Å².